The van der Waals surface area contributed by atoms with Gasteiger partial charge in [0.05, 0.1) is 4.90 Å². The molecule has 3 nitrogen and oxygen atoms in total. The smallest absolute Gasteiger partial charge is 0.207 e. The second kappa shape index (κ2) is 6.73. The molecule has 0 amide bonds. The molecule has 0 radical (unpaired) electrons. The number of sulfonamides is 1. The average Bonchev–Trinajstić information content (AvgIpc) is 2.30. The molecule has 1 aromatic carbocycles. The Morgan fingerprint density at radius 2 is 1.88 bits per heavy atom. The number of alkyl halides is 1. The molecule has 0 unspecified atom stereocenters. The van der Waals surface area contributed by atoms with Gasteiger partial charge in [0.25, 0.3) is 0 Å². The van der Waals surface area contributed by atoms with Crippen molar-refractivity contribution in [3.63, 3.8) is 0 Å². The highest BCUT2D eigenvalue weighted by atomic mass is 79.9. The van der Waals surface area contributed by atoms with E-state index in [9.17, 15) is 8.42 Å². The largest absolute Gasteiger partial charge is 0.243 e. The van der Waals surface area contributed by atoms with Gasteiger partial charge >= 0.3 is 0 Å². The fourth-order valence-corrected chi connectivity index (χ4v) is 3.30. The van der Waals surface area contributed by atoms with Crippen LogP contribution in [-0.4, -0.2) is 31.1 Å². The molecule has 96 valence electrons. The Balaban J connectivity index is 2.95. The Morgan fingerprint density at radius 1 is 1.29 bits per heavy atom. The first-order chi connectivity index (χ1) is 8.02. The molecular formula is C11H15BrClNO2S. The van der Waals surface area contributed by atoms with E-state index in [-0.39, 0.29) is 0 Å². The van der Waals surface area contributed by atoms with E-state index in [0.717, 1.165) is 11.8 Å². The molecule has 0 spiro atoms. The van der Waals surface area contributed by atoms with Gasteiger partial charge in [-0.3, -0.25) is 0 Å². The molecule has 0 aromatic heterocycles. The second-order valence-corrected chi connectivity index (χ2v) is 6.66. The van der Waals surface area contributed by atoms with E-state index in [1.807, 2.05) is 6.92 Å². The first-order valence-electron chi connectivity index (χ1n) is 5.34. The van der Waals surface area contributed by atoms with Gasteiger partial charge in [-0.1, -0.05) is 34.5 Å². The van der Waals surface area contributed by atoms with Gasteiger partial charge in [0.1, 0.15) is 0 Å². The molecule has 0 aliphatic rings. The summed E-state index contributed by atoms with van der Waals surface area (Å²) in [6.45, 7) is 2.83. The minimum Gasteiger partial charge on any atom is -0.207 e. The van der Waals surface area contributed by atoms with Gasteiger partial charge in [0.15, 0.2) is 0 Å². The van der Waals surface area contributed by atoms with Crippen LogP contribution >= 0.6 is 27.5 Å². The minimum atomic E-state index is -3.39. The summed E-state index contributed by atoms with van der Waals surface area (Å²) in [5, 5.41) is 1.33. The summed E-state index contributed by atoms with van der Waals surface area (Å²) in [4.78, 5) is 0.290. The highest BCUT2D eigenvalue weighted by Crippen LogP contribution is 2.18. The zero-order valence-electron chi connectivity index (χ0n) is 9.57. The molecule has 6 heteroatoms. The van der Waals surface area contributed by atoms with E-state index in [4.69, 9.17) is 11.6 Å². The van der Waals surface area contributed by atoms with E-state index >= 15 is 0 Å². The highest BCUT2D eigenvalue weighted by molar-refractivity contribution is 9.09. The molecule has 0 saturated heterocycles. The number of hydrogen-bond donors (Lipinski definition) is 0. The number of benzene rings is 1. The van der Waals surface area contributed by atoms with Gasteiger partial charge in [-0.15, -0.1) is 0 Å². The molecule has 1 rings (SSSR count). The number of halogens is 2. The van der Waals surface area contributed by atoms with Crippen LogP contribution in [0, 0.1) is 0 Å². The van der Waals surface area contributed by atoms with Crippen LogP contribution < -0.4 is 0 Å². The maximum Gasteiger partial charge on any atom is 0.243 e. The van der Waals surface area contributed by atoms with Crippen molar-refractivity contribution < 1.29 is 8.42 Å². The normalized spacial score (nSPS) is 12.0. The molecule has 0 aliphatic carbocycles. The molecule has 0 N–H and O–H groups in total. The predicted molar refractivity (Wildman–Crippen MR) is 74.3 cm³/mol. The summed E-state index contributed by atoms with van der Waals surface area (Å²) in [6, 6.07) is 6.25. The Hall–Kier alpha value is -0.100. The third kappa shape index (κ3) is 3.95. The standard InChI is InChI=1S/C11H15BrClNO2S/c1-2-14(9-3-8-12)17(15,16)11-6-4-10(13)5-7-11/h4-7H,2-3,8-9H2,1H3. The fraction of sp³-hybridized carbons (Fsp3) is 0.455. The van der Waals surface area contributed by atoms with Crippen LogP contribution in [0.15, 0.2) is 29.2 Å². The topological polar surface area (TPSA) is 37.4 Å². The Kier molecular flexibility index (Phi) is 5.92. The van der Waals surface area contributed by atoms with E-state index < -0.39 is 10.0 Å². The SMILES string of the molecule is CCN(CCCBr)S(=O)(=O)c1ccc(Cl)cc1. The number of hydrogen-bond acceptors (Lipinski definition) is 2. The van der Waals surface area contributed by atoms with Gasteiger partial charge in [-0.2, -0.15) is 4.31 Å². The third-order valence-corrected chi connectivity index (χ3v) is 5.15. The van der Waals surface area contributed by atoms with Crippen molar-refractivity contribution in [1.29, 1.82) is 0 Å². The van der Waals surface area contributed by atoms with Crippen molar-refractivity contribution >= 4 is 37.6 Å². The first kappa shape index (κ1) is 15.0. The van der Waals surface area contributed by atoms with Crippen molar-refractivity contribution in [2.75, 3.05) is 18.4 Å². The maximum absolute atomic E-state index is 12.2. The second-order valence-electron chi connectivity index (χ2n) is 3.49. The molecule has 0 bridgehead atoms. The molecule has 0 atom stereocenters. The lowest BCUT2D eigenvalue weighted by molar-refractivity contribution is 0.428. The molecule has 0 aliphatic heterocycles. The lowest BCUT2D eigenvalue weighted by Gasteiger charge is -2.20. The number of nitrogens with zero attached hydrogens (tertiary/aromatic N) is 1. The molecule has 0 fully saturated rings. The van der Waals surface area contributed by atoms with Crippen molar-refractivity contribution in [3.8, 4) is 0 Å². The zero-order chi connectivity index (χ0) is 12.9. The van der Waals surface area contributed by atoms with E-state index in [1.165, 1.54) is 16.4 Å². The number of rotatable bonds is 6. The third-order valence-electron chi connectivity index (χ3n) is 2.35. The summed E-state index contributed by atoms with van der Waals surface area (Å²) in [5.41, 5.74) is 0. The van der Waals surface area contributed by atoms with Gasteiger partial charge < -0.3 is 0 Å². The fourth-order valence-electron chi connectivity index (χ4n) is 1.44. The lowest BCUT2D eigenvalue weighted by atomic mass is 10.4. The molecular weight excluding hydrogens is 326 g/mol. The van der Waals surface area contributed by atoms with Gasteiger partial charge in [0.2, 0.25) is 10.0 Å². The van der Waals surface area contributed by atoms with Gasteiger partial charge in [-0.25, -0.2) is 8.42 Å². The quantitative estimate of drug-likeness (QED) is 0.746. The Labute approximate surface area is 116 Å². The van der Waals surface area contributed by atoms with E-state index in [1.54, 1.807) is 12.1 Å². The van der Waals surface area contributed by atoms with Gasteiger partial charge in [-0.05, 0) is 30.7 Å². The molecule has 17 heavy (non-hydrogen) atoms. The van der Waals surface area contributed by atoms with Crippen LogP contribution in [0.5, 0.6) is 0 Å². The average molecular weight is 341 g/mol. The van der Waals surface area contributed by atoms with E-state index in [0.29, 0.717) is 23.0 Å². The molecule has 0 heterocycles. The van der Waals surface area contributed by atoms with Crippen LogP contribution in [0.1, 0.15) is 13.3 Å². The van der Waals surface area contributed by atoms with Crippen LogP contribution in [-0.2, 0) is 10.0 Å². The summed E-state index contributed by atoms with van der Waals surface area (Å²) < 4.78 is 26.0. The van der Waals surface area contributed by atoms with Crippen LogP contribution in [0.25, 0.3) is 0 Å². The summed E-state index contributed by atoms with van der Waals surface area (Å²) in [5.74, 6) is 0. The molecule has 0 saturated carbocycles. The monoisotopic (exact) mass is 339 g/mol. The van der Waals surface area contributed by atoms with Crippen LogP contribution in [0.2, 0.25) is 5.02 Å². The Bertz CT molecular complexity index is 447. The zero-order valence-corrected chi connectivity index (χ0v) is 12.7. The summed E-state index contributed by atoms with van der Waals surface area (Å²) in [6.07, 6.45) is 0.792. The first-order valence-corrected chi connectivity index (χ1v) is 8.28. The van der Waals surface area contributed by atoms with E-state index in [2.05, 4.69) is 15.9 Å². The van der Waals surface area contributed by atoms with Crippen molar-refractivity contribution in [3.05, 3.63) is 29.3 Å². The highest BCUT2D eigenvalue weighted by Gasteiger charge is 2.22. The Morgan fingerprint density at radius 3 is 2.35 bits per heavy atom. The molecule has 1 aromatic rings. The van der Waals surface area contributed by atoms with Crippen molar-refractivity contribution in [2.45, 2.75) is 18.2 Å². The summed E-state index contributed by atoms with van der Waals surface area (Å²) >= 11 is 9.04. The predicted octanol–water partition coefficient (Wildman–Crippen LogP) is 3.14. The van der Waals surface area contributed by atoms with Crippen molar-refractivity contribution in [2.24, 2.45) is 0 Å². The maximum atomic E-state index is 12.2. The van der Waals surface area contributed by atoms with Gasteiger partial charge in [0, 0.05) is 23.4 Å². The summed E-state index contributed by atoms with van der Waals surface area (Å²) in [7, 11) is -3.39. The van der Waals surface area contributed by atoms with Crippen molar-refractivity contribution in [1.82, 2.24) is 4.31 Å². The van der Waals surface area contributed by atoms with Crippen LogP contribution in [0.4, 0.5) is 0 Å². The minimum absolute atomic E-state index is 0.290. The van der Waals surface area contributed by atoms with Crippen LogP contribution in [0.3, 0.4) is 0 Å². The lowest BCUT2D eigenvalue weighted by Crippen LogP contribution is -2.32.